The number of sulfonamides is 1. The van der Waals surface area contributed by atoms with E-state index in [1.165, 1.54) is 39.9 Å². The van der Waals surface area contributed by atoms with Gasteiger partial charge in [0.05, 0.1) is 26.8 Å². The van der Waals surface area contributed by atoms with E-state index in [-0.39, 0.29) is 26.9 Å². The molecule has 0 spiro atoms. The molecule has 4 heterocycles. The minimum absolute atomic E-state index is 0.0293. The summed E-state index contributed by atoms with van der Waals surface area (Å²) in [6.45, 7) is 2.00. The van der Waals surface area contributed by atoms with Crippen molar-refractivity contribution in [2.24, 2.45) is 0 Å². The van der Waals surface area contributed by atoms with E-state index in [1.807, 2.05) is 11.4 Å². The van der Waals surface area contributed by atoms with E-state index in [0.29, 0.717) is 23.3 Å². The fraction of sp³-hybridized carbons (Fsp3) is 0.227. The number of carboxylic acid groups (broad SMARTS) is 1. The summed E-state index contributed by atoms with van der Waals surface area (Å²) in [4.78, 5) is 32.1. The maximum Gasteiger partial charge on any atom is 0.354 e. The number of nitrogens with zero attached hydrogens (tertiary/aromatic N) is 3. The molecule has 0 saturated heterocycles. The van der Waals surface area contributed by atoms with Gasteiger partial charge in [0.15, 0.2) is 11.3 Å². The number of anilines is 1. The predicted octanol–water partition coefficient (Wildman–Crippen LogP) is 3.97. The van der Waals surface area contributed by atoms with Gasteiger partial charge in [0.2, 0.25) is 0 Å². The van der Waals surface area contributed by atoms with Crippen molar-refractivity contribution in [2.75, 3.05) is 10.8 Å². The van der Waals surface area contributed by atoms with Crippen LogP contribution in [0.3, 0.4) is 0 Å². The molecule has 12 heteroatoms. The minimum Gasteiger partial charge on any atom is -0.477 e. The van der Waals surface area contributed by atoms with Crippen LogP contribution in [0.4, 0.5) is 5.69 Å². The summed E-state index contributed by atoms with van der Waals surface area (Å²) in [6, 6.07) is 7.30. The number of benzene rings is 1. The molecule has 0 radical (unpaired) electrons. The van der Waals surface area contributed by atoms with Crippen LogP contribution in [0.2, 0.25) is 5.02 Å². The molecule has 9 nitrogen and oxygen atoms in total. The van der Waals surface area contributed by atoms with E-state index in [4.69, 9.17) is 11.6 Å². The van der Waals surface area contributed by atoms with Crippen LogP contribution in [0.5, 0.6) is 0 Å². The Morgan fingerprint density at radius 1 is 1.21 bits per heavy atom. The number of hydrogen-bond donors (Lipinski definition) is 2. The van der Waals surface area contributed by atoms with Gasteiger partial charge in [0.1, 0.15) is 0 Å². The number of aromatic nitrogens is 3. The SMILES string of the molecule is Cc1cc(C(=O)O)nc2c1[nH]c(=O)n2-c1cc(S(=O)(=O)N2CCCCc3sccc32)ccc1Cl. The van der Waals surface area contributed by atoms with Crippen LogP contribution in [0.1, 0.15) is 33.8 Å². The number of imidazole rings is 1. The van der Waals surface area contributed by atoms with Crippen LogP contribution in [-0.2, 0) is 16.4 Å². The lowest BCUT2D eigenvalue weighted by Gasteiger charge is -2.23. The predicted molar refractivity (Wildman–Crippen MR) is 130 cm³/mol. The standard InChI is InChI=1S/C22H19ClN4O5S2/c1-12-10-15(21(28)29)24-20-19(12)25-22(30)27(20)17-11-13(5-6-14(17)23)34(31,32)26-8-3-2-4-18-16(26)7-9-33-18/h5-7,9-11H,2-4,8H2,1H3,(H,25,30)(H,28,29). The lowest BCUT2D eigenvalue weighted by molar-refractivity contribution is 0.0690. The van der Waals surface area contributed by atoms with Crippen LogP contribution < -0.4 is 9.99 Å². The maximum absolute atomic E-state index is 13.7. The van der Waals surface area contributed by atoms with E-state index < -0.39 is 21.7 Å². The molecular formula is C22H19ClN4O5S2. The highest BCUT2D eigenvalue weighted by molar-refractivity contribution is 7.92. The number of nitrogens with one attached hydrogen (secondary N) is 1. The number of thiophene rings is 1. The number of carboxylic acids is 1. The van der Waals surface area contributed by atoms with Gasteiger partial charge in [-0.2, -0.15) is 0 Å². The number of pyridine rings is 1. The monoisotopic (exact) mass is 518 g/mol. The van der Waals surface area contributed by atoms with Crippen LogP contribution in [0.25, 0.3) is 16.9 Å². The fourth-order valence-corrected chi connectivity index (χ4v) is 6.91. The van der Waals surface area contributed by atoms with Gasteiger partial charge in [0.25, 0.3) is 10.0 Å². The number of aromatic amines is 1. The molecule has 0 unspecified atom stereocenters. The summed E-state index contributed by atoms with van der Waals surface area (Å²) < 4.78 is 29.9. The number of rotatable bonds is 4. The number of carbonyl (C=O) groups is 1. The van der Waals surface area contributed by atoms with E-state index >= 15 is 0 Å². The molecule has 0 bridgehead atoms. The van der Waals surface area contributed by atoms with Gasteiger partial charge in [-0.1, -0.05) is 11.6 Å². The first kappa shape index (κ1) is 22.6. The zero-order chi connectivity index (χ0) is 24.2. The van der Waals surface area contributed by atoms with Crippen LogP contribution >= 0.6 is 22.9 Å². The fourth-order valence-electron chi connectivity index (χ4n) is 4.17. The Bertz CT molecular complexity index is 1620. The Labute approximate surface area is 203 Å². The first-order valence-corrected chi connectivity index (χ1v) is 13.1. The van der Waals surface area contributed by atoms with Gasteiger partial charge in [0, 0.05) is 11.4 Å². The first-order chi connectivity index (χ1) is 16.2. The summed E-state index contributed by atoms with van der Waals surface area (Å²) in [6.07, 6.45) is 2.45. The van der Waals surface area contributed by atoms with E-state index in [0.717, 1.165) is 28.7 Å². The summed E-state index contributed by atoms with van der Waals surface area (Å²) in [5.41, 5.74) is 0.809. The minimum atomic E-state index is -3.95. The second-order valence-corrected chi connectivity index (χ2v) is 11.2. The molecule has 1 aliphatic rings. The van der Waals surface area contributed by atoms with Gasteiger partial charge in [-0.25, -0.2) is 27.6 Å². The normalized spacial score (nSPS) is 14.2. The molecule has 5 rings (SSSR count). The number of fused-ring (bicyclic) bond motifs is 2. The average Bonchev–Trinajstić information content (AvgIpc) is 3.31. The quantitative estimate of drug-likeness (QED) is 0.421. The van der Waals surface area contributed by atoms with Crippen LogP contribution in [0.15, 0.2) is 45.4 Å². The number of H-pyrrole nitrogens is 1. The third-order valence-electron chi connectivity index (χ3n) is 5.82. The smallest absolute Gasteiger partial charge is 0.354 e. The molecule has 0 amide bonds. The molecule has 0 saturated carbocycles. The average molecular weight is 519 g/mol. The first-order valence-electron chi connectivity index (χ1n) is 10.4. The largest absolute Gasteiger partial charge is 0.477 e. The summed E-state index contributed by atoms with van der Waals surface area (Å²) >= 11 is 7.94. The Hall–Kier alpha value is -3.15. The highest BCUT2D eigenvalue weighted by atomic mass is 35.5. The van der Waals surface area contributed by atoms with Crippen molar-refractivity contribution in [3.05, 3.63) is 67.4 Å². The van der Waals surface area contributed by atoms with E-state index in [2.05, 4.69) is 9.97 Å². The van der Waals surface area contributed by atoms with Gasteiger partial charge < -0.3 is 10.1 Å². The molecule has 1 aromatic carbocycles. The lowest BCUT2D eigenvalue weighted by atomic mass is 10.2. The Morgan fingerprint density at radius 3 is 2.76 bits per heavy atom. The highest BCUT2D eigenvalue weighted by Crippen LogP contribution is 2.36. The maximum atomic E-state index is 13.7. The van der Waals surface area contributed by atoms with E-state index in [9.17, 15) is 23.1 Å². The van der Waals surface area contributed by atoms with Crippen molar-refractivity contribution in [1.82, 2.24) is 14.5 Å². The molecule has 1 aliphatic heterocycles. The highest BCUT2D eigenvalue weighted by Gasteiger charge is 2.30. The number of aryl methyl sites for hydroxylation is 2. The molecule has 0 atom stereocenters. The second-order valence-electron chi connectivity index (χ2n) is 7.97. The van der Waals surface area contributed by atoms with Crippen molar-refractivity contribution in [2.45, 2.75) is 31.1 Å². The zero-order valence-corrected chi connectivity index (χ0v) is 20.3. The third-order valence-corrected chi connectivity index (χ3v) is 8.91. The third kappa shape index (κ3) is 3.60. The molecule has 4 aromatic rings. The molecule has 3 aromatic heterocycles. The molecule has 34 heavy (non-hydrogen) atoms. The van der Waals surface area contributed by atoms with Crippen molar-refractivity contribution in [3.63, 3.8) is 0 Å². The van der Waals surface area contributed by atoms with E-state index in [1.54, 1.807) is 6.92 Å². The topological polar surface area (TPSA) is 125 Å². The number of hydrogen-bond acceptors (Lipinski definition) is 6. The van der Waals surface area contributed by atoms with Gasteiger partial charge >= 0.3 is 11.7 Å². The Balaban J connectivity index is 1.70. The molecule has 176 valence electrons. The summed E-state index contributed by atoms with van der Waals surface area (Å²) in [5, 5.41) is 11.4. The van der Waals surface area contributed by atoms with Gasteiger partial charge in [-0.3, -0.25) is 4.31 Å². The second kappa shape index (κ2) is 8.26. The van der Waals surface area contributed by atoms with Crippen molar-refractivity contribution in [1.29, 1.82) is 0 Å². The Morgan fingerprint density at radius 2 is 2.00 bits per heavy atom. The summed E-state index contributed by atoms with van der Waals surface area (Å²) in [5.74, 6) is -1.25. The van der Waals surface area contributed by atoms with Crippen LogP contribution in [-0.4, -0.2) is 40.6 Å². The molecule has 0 aliphatic carbocycles. The molecule has 2 N–H and O–H groups in total. The Kier molecular flexibility index (Phi) is 5.50. The molecular weight excluding hydrogens is 500 g/mol. The number of aromatic carboxylic acids is 1. The molecule has 0 fully saturated rings. The van der Waals surface area contributed by atoms with Crippen LogP contribution in [0, 0.1) is 6.92 Å². The van der Waals surface area contributed by atoms with Gasteiger partial charge in [-0.15, -0.1) is 11.3 Å². The lowest BCUT2D eigenvalue weighted by Crippen LogP contribution is -2.31. The van der Waals surface area contributed by atoms with Crippen molar-refractivity contribution < 1.29 is 18.3 Å². The zero-order valence-electron chi connectivity index (χ0n) is 17.9. The van der Waals surface area contributed by atoms with Crippen molar-refractivity contribution in [3.8, 4) is 5.69 Å². The number of halogens is 1. The van der Waals surface area contributed by atoms with Crippen molar-refractivity contribution >= 4 is 55.8 Å². The van der Waals surface area contributed by atoms with Gasteiger partial charge in [-0.05, 0) is 67.5 Å². The summed E-state index contributed by atoms with van der Waals surface area (Å²) in [7, 11) is -3.95.